The molecule has 1 nitrogen and oxygen atoms in total. The molecule has 0 saturated carbocycles. The smallest absolute Gasteiger partial charge is 0.0127 e. The molecule has 0 atom stereocenters. The van der Waals surface area contributed by atoms with E-state index in [-0.39, 0.29) is 5.54 Å². The summed E-state index contributed by atoms with van der Waals surface area (Å²) >= 11 is 0. The first-order valence-electron chi connectivity index (χ1n) is 5.08. The lowest BCUT2D eigenvalue weighted by Gasteiger charge is -2.36. The van der Waals surface area contributed by atoms with Crippen LogP contribution in [-0.4, -0.2) is 12.6 Å². The Kier molecular flexibility index (Phi) is 4.25. The van der Waals surface area contributed by atoms with E-state index < -0.39 is 0 Å². The van der Waals surface area contributed by atoms with Gasteiger partial charge < -0.3 is 5.32 Å². The molecular weight excluding hydrogens is 146 g/mol. The fraction of sp³-hybridized carbons (Fsp3) is 1.00. The van der Waals surface area contributed by atoms with Crippen LogP contribution in [0.1, 0.15) is 53.9 Å². The minimum Gasteiger partial charge on any atom is -0.315 e. The molecular formula is C11H25N. The molecule has 0 aliphatic heterocycles. The van der Waals surface area contributed by atoms with E-state index in [1.54, 1.807) is 0 Å². The van der Waals surface area contributed by atoms with Crippen LogP contribution in [0.25, 0.3) is 0 Å². The predicted octanol–water partition coefficient (Wildman–Crippen LogP) is 3.20. The van der Waals surface area contributed by atoms with Gasteiger partial charge in [0, 0.05) is 5.54 Å². The molecule has 74 valence electrons. The minimum atomic E-state index is 0.279. The Labute approximate surface area is 77.9 Å². The Morgan fingerprint density at radius 2 is 1.42 bits per heavy atom. The van der Waals surface area contributed by atoms with Crippen molar-refractivity contribution in [3.05, 3.63) is 0 Å². The summed E-state index contributed by atoms with van der Waals surface area (Å²) in [4.78, 5) is 0. The third kappa shape index (κ3) is 3.57. The highest BCUT2D eigenvalue weighted by Crippen LogP contribution is 2.34. The lowest BCUT2D eigenvalue weighted by molar-refractivity contribution is 0.195. The van der Waals surface area contributed by atoms with Crippen molar-refractivity contribution in [1.29, 1.82) is 0 Å². The summed E-state index contributed by atoms with van der Waals surface area (Å²) in [7, 11) is 2.05. The van der Waals surface area contributed by atoms with Gasteiger partial charge in [-0.15, -0.1) is 0 Å². The molecule has 0 aliphatic rings. The van der Waals surface area contributed by atoms with Gasteiger partial charge in [-0.25, -0.2) is 0 Å². The van der Waals surface area contributed by atoms with Crippen LogP contribution in [0.2, 0.25) is 0 Å². The van der Waals surface area contributed by atoms with E-state index >= 15 is 0 Å². The summed E-state index contributed by atoms with van der Waals surface area (Å²) in [5, 5.41) is 3.37. The summed E-state index contributed by atoms with van der Waals surface area (Å²) in [6.45, 7) is 11.5. The van der Waals surface area contributed by atoms with E-state index in [2.05, 4.69) is 39.9 Å². The number of rotatable bonds is 5. The maximum absolute atomic E-state index is 3.37. The lowest BCUT2D eigenvalue weighted by atomic mass is 9.75. The average molecular weight is 171 g/mol. The zero-order valence-electron chi connectivity index (χ0n) is 9.62. The molecule has 0 unspecified atom stereocenters. The fourth-order valence-corrected chi connectivity index (χ4v) is 1.66. The van der Waals surface area contributed by atoms with Gasteiger partial charge in [0.05, 0.1) is 0 Å². The maximum atomic E-state index is 3.37. The first-order chi connectivity index (χ1) is 5.39. The largest absolute Gasteiger partial charge is 0.315 e. The van der Waals surface area contributed by atoms with Crippen LogP contribution in [0.4, 0.5) is 0 Å². The van der Waals surface area contributed by atoms with Gasteiger partial charge in [0.15, 0.2) is 0 Å². The summed E-state index contributed by atoms with van der Waals surface area (Å²) in [6, 6.07) is 0. The van der Waals surface area contributed by atoms with E-state index in [4.69, 9.17) is 0 Å². The highest BCUT2D eigenvalue weighted by atomic mass is 14.9. The zero-order valence-corrected chi connectivity index (χ0v) is 9.62. The molecule has 0 aliphatic carbocycles. The van der Waals surface area contributed by atoms with Crippen molar-refractivity contribution >= 4 is 0 Å². The Bertz CT molecular complexity index is 123. The molecule has 0 heterocycles. The minimum absolute atomic E-state index is 0.279. The van der Waals surface area contributed by atoms with Gasteiger partial charge in [0.25, 0.3) is 0 Å². The Morgan fingerprint density at radius 1 is 1.00 bits per heavy atom. The van der Waals surface area contributed by atoms with Gasteiger partial charge in [-0.3, -0.25) is 0 Å². The molecule has 0 bridgehead atoms. The lowest BCUT2D eigenvalue weighted by Crippen LogP contribution is -2.41. The van der Waals surface area contributed by atoms with E-state index in [1.807, 2.05) is 7.05 Å². The number of hydrogen-bond acceptors (Lipinski definition) is 1. The number of nitrogens with one attached hydrogen (secondary N) is 1. The maximum Gasteiger partial charge on any atom is 0.0127 e. The normalized spacial score (nSPS) is 13.5. The molecule has 0 radical (unpaired) electrons. The molecule has 0 fully saturated rings. The summed E-state index contributed by atoms with van der Waals surface area (Å²) in [5.74, 6) is 0. The van der Waals surface area contributed by atoms with Crippen molar-refractivity contribution in [2.24, 2.45) is 5.41 Å². The molecule has 1 heteroatoms. The van der Waals surface area contributed by atoms with Crippen LogP contribution >= 0.6 is 0 Å². The van der Waals surface area contributed by atoms with Gasteiger partial charge in [-0.1, -0.05) is 33.6 Å². The Balaban J connectivity index is 4.20. The van der Waals surface area contributed by atoms with Crippen molar-refractivity contribution in [2.45, 2.75) is 59.4 Å². The third-order valence-corrected chi connectivity index (χ3v) is 3.25. The summed E-state index contributed by atoms with van der Waals surface area (Å²) < 4.78 is 0. The van der Waals surface area contributed by atoms with Crippen LogP contribution < -0.4 is 5.32 Å². The van der Waals surface area contributed by atoms with E-state index in [0.717, 1.165) is 0 Å². The quantitative estimate of drug-likeness (QED) is 0.670. The second-order valence-corrected chi connectivity index (χ2v) is 4.83. The van der Waals surface area contributed by atoms with Gasteiger partial charge >= 0.3 is 0 Å². The first-order valence-corrected chi connectivity index (χ1v) is 5.08. The van der Waals surface area contributed by atoms with Crippen LogP contribution in [0.15, 0.2) is 0 Å². The van der Waals surface area contributed by atoms with E-state index in [9.17, 15) is 0 Å². The molecule has 1 N–H and O–H groups in total. The second-order valence-electron chi connectivity index (χ2n) is 4.83. The Morgan fingerprint density at radius 3 is 1.67 bits per heavy atom. The molecule has 0 aromatic rings. The average Bonchev–Trinajstić information content (AvgIpc) is 2.04. The van der Waals surface area contributed by atoms with Crippen molar-refractivity contribution < 1.29 is 0 Å². The fourth-order valence-electron chi connectivity index (χ4n) is 1.66. The molecule has 0 saturated heterocycles. The SMILES string of the molecule is CCC(C)(CC)CC(C)(C)NC. The second kappa shape index (κ2) is 4.27. The molecule has 0 aromatic heterocycles. The molecule has 0 aromatic carbocycles. The van der Waals surface area contributed by atoms with Gasteiger partial charge in [-0.05, 0) is 32.7 Å². The highest BCUT2D eigenvalue weighted by molar-refractivity contribution is 4.84. The zero-order chi connectivity index (χ0) is 9.83. The number of hydrogen-bond donors (Lipinski definition) is 1. The van der Waals surface area contributed by atoms with Gasteiger partial charge in [0.2, 0.25) is 0 Å². The molecule has 12 heavy (non-hydrogen) atoms. The van der Waals surface area contributed by atoms with Crippen LogP contribution in [0.5, 0.6) is 0 Å². The van der Waals surface area contributed by atoms with Gasteiger partial charge in [0.1, 0.15) is 0 Å². The third-order valence-electron chi connectivity index (χ3n) is 3.25. The molecule has 0 amide bonds. The molecule has 0 rings (SSSR count). The summed E-state index contributed by atoms with van der Waals surface area (Å²) in [6.07, 6.45) is 3.80. The van der Waals surface area contributed by atoms with Crippen LogP contribution in [0.3, 0.4) is 0 Å². The monoisotopic (exact) mass is 171 g/mol. The van der Waals surface area contributed by atoms with Crippen molar-refractivity contribution in [1.82, 2.24) is 5.32 Å². The van der Waals surface area contributed by atoms with E-state index in [0.29, 0.717) is 5.41 Å². The Hall–Kier alpha value is -0.0400. The van der Waals surface area contributed by atoms with Crippen molar-refractivity contribution in [2.75, 3.05) is 7.05 Å². The van der Waals surface area contributed by atoms with Gasteiger partial charge in [-0.2, -0.15) is 0 Å². The van der Waals surface area contributed by atoms with Crippen LogP contribution in [0, 0.1) is 5.41 Å². The van der Waals surface area contributed by atoms with Crippen molar-refractivity contribution in [3.8, 4) is 0 Å². The van der Waals surface area contributed by atoms with E-state index in [1.165, 1.54) is 19.3 Å². The highest BCUT2D eigenvalue weighted by Gasteiger charge is 2.28. The topological polar surface area (TPSA) is 12.0 Å². The molecule has 0 spiro atoms. The summed E-state index contributed by atoms with van der Waals surface area (Å²) in [5.41, 5.74) is 0.785. The van der Waals surface area contributed by atoms with Crippen molar-refractivity contribution in [3.63, 3.8) is 0 Å². The predicted molar refractivity (Wildman–Crippen MR) is 56.4 cm³/mol. The van der Waals surface area contributed by atoms with Crippen LogP contribution in [-0.2, 0) is 0 Å². The first kappa shape index (κ1) is 12.0. The standard InChI is InChI=1S/C11H25N/c1-7-11(5,8-2)9-10(3,4)12-6/h12H,7-9H2,1-6H3.